The van der Waals surface area contributed by atoms with Gasteiger partial charge in [-0.2, -0.15) is 39.5 Å². The molecule has 0 N–H and O–H groups in total. The van der Waals surface area contributed by atoms with Crippen LogP contribution in [0.25, 0.3) is 11.1 Å². The second-order valence-electron chi connectivity index (χ2n) is 7.90. The van der Waals surface area contributed by atoms with Crippen LogP contribution in [0.15, 0.2) is 30.3 Å². The van der Waals surface area contributed by atoms with Crippen molar-refractivity contribution in [1.82, 2.24) is 0 Å². The Labute approximate surface area is 167 Å². The summed E-state index contributed by atoms with van der Waals surface area (Å²) in [5, 5.41) is 0. The van der Waals surface area contributed by atoms with Gasteiger partial charge in [0.1, 0.15) is 0 Å². The number of aryl methyl sites for hydroxylation is 1. The highest BCUT2D eigenvalue weighted by molar-refractivity contribution is 5.70. The maximum Gasteiger partial charge on any atom is 0.416 e. The van der Waals surface area contributed by atoms with Crippen molar-refractivity contribution in [2.24, 2.45) is 5.41 Å². The van der Waals surface area contributed by atoms with Gasteiger partial charge in [0.25, 0.3) is 0 Å². The molecule has 0 aliphatic rings. The summed E-state index contributed by atoms with van der Waals surface area (Å²) in [7, 11) is 0. The first kappa shape index (κ1) is 24.1. The van der Waals surface area contributed by atoms with Gasteiger partial charge in [0, 0.05) is 0 Å². The van der Waals surface area contributed by atoms with E-state index in [4.69, 9.17) is 0 Å². The molecule has 0 spiro atoms. The van der Waals surface area contributed by atoms with Crippen LogP contribution in [0.5, 0.6) is 0 Å². The van der Waals surface area contributed by atoms with Gasteiger partial charge in [-0.3, -0.25) is 0 Å². The van der Waals surface area contributed by atoms with E-state index in [9.17, 15) is 39.5 Å². The molecule has 0 saturated carbocycles. The number of hydrogen-bond donors (Lipinski definition) is 0. The quantitative estimate of drug-likeness (QED) is 0.421. The van der Waals surface area contributed by atoms with E-state index in [1.165, 1.54) is 25.1 Å². The Morgan fingerprint density at radius 3 is 1.53 bits per heavy atom. The van der Waals surface area contributed by atoms with Gasteiger partial charge in [0.2, 0.25) is 0 Å². The van der Waals surface area contributed by atoms with Crippen LogP contribution in [0.4, 0.5) is 39.5 Å². The van der Waals surface area contributed by atoms with Crippen LogP contribution in [0, 0.1) is 19.3 Å². The highest BCUT2D eigenvalue weighted by Crippen LogP contribution is 2.43. The summed E-state index contributed by atoms with van der Waals surface area (Å²) >= 11 is 0. The van der Waals surface area contributed by atoms with Crippen molar-refractivity contribution in [3.8, 4) is 11.1 Å². The van der Waals surface area contributed by atoms with Crippen LogP contribution in [0.3, 0.4) is 0 Å². The van der Waals surface area contributed by atoms with Crippen LogP contribution < -0.4 is 0 Å². The molecule has 0 aromatic heterocycles. The normalized spacial score (nSPS) is 13.6. The summed E-state index contributed by atoms with van der Waals surface area (Å²) in [5.74, 6) is 0. The second-order valence-corrected chi connectivity index (χ2v) is 7.90. The van der Waals surface area contributed by atoms with Gasteiger partial charge in [-0.05, 0) is 60.2 Å². The first-order valence-corrected chi connectivity index (χ1v) is 8.80. The summed E-state index contributed by atoms with van der Waals surface area (Å²) in [6, 6.07) is 5.15. The molecule has 30 heavy (non-hydrogen) atoms. The SMILES string of the molecule is Cc1cc(CC(C)(C)C(F)(F)F)ccc1-c1cc(C(F)(F)F)c(C)c(C(F)(F)F)c1. The average Bonchev–Trinajstić information content (AvgIpc) is 2.52. The third-order valence-electron chi connectivity index (χ3n) is 5.03. The lowest BCUT2D eigenvalue weighted by Gasteiger charge is -2.28. The lowest BCUT2D eigenvalue weighted by atomic mass is 9.83. The maximum absolute atomic E-state index is 13.3. The Morgan fingerprint density at radius 2 is 1.17 bits per heavy atom. The third kappa shape index (κ3) is 4.92. The number of rotatable bonds is 3. The molecule has 166 valence electrons. The molecule has 2 rings (SSSR count). The minimum Gasteiger partial charge on any atom is -0.171 e. The molecule has 9 heteroatoms. The monoisotopic (exact) mass is 442 g/mol. The fourth-order valence-corrected chi connectivity index (χ4v) is 3.23. The largest absolute Gasteiger partial charge is 0.416 e. The van der Waals surface area contributed by atoms with E-state index in [0.29, 0.717) is 12.1 Å². The molecule has 0 radical (unpaired) electrons. The molecule has 2 aromatic rings. The Balaban J connectivity index is 2.60. The summed E-state index contributed by atoms with van der Waals surface area (Å²) in [6.45, 7) is 4.22. The van der Waals surface area contributed by atoms with Crippen molar-refractivity contribution in [1.29, 1.82) is 0 Å². The fourth-order valence-electron chi connectivity index (χ4n) is 3.23. The molecular weight excluding hydrogens is 423 g/mol. The van der Waals surface area contributed by atoms with Crippen LogP contribution in [-0.2, 0) is 18.8 Å². The first-order valence-electron chi connectivity index (χ1n) is 8.80. The van der Waals surface area contributed by atoms with Crippen molar-refractivity contribution in [2.75, 3.05) is 0 Å². The summed E-state index contributed by atoms with van der Waals surface area (Å²) in [5.41, 5.74) is -5.46. The number of alkyl halides is 9. The average molecular weight is 442 g/mol. The topological polar surface area (TPSA) is 0 Å². The van der Waals surface area contributed by atoms with Crippen molar-refractivity contribution in [2.45, 2.75) is 52.6 Å². The lowest BCUT2D eigenvalue weighted by molar-refractivity contribution is -0.211. The van der Waals surface area contributed by atoms with Gasteiger partial charge in [-0.1, -0.05) is 32.0 Å². The molecule has 2 aromatic carbocycles. The Morgan fingerprint density at radius 1 is 0.700 bits per heavy atom. The second kappa shape index (κ2) is 7.50. The van der Waals surface area contributed by atoms with Crippen LogP contribution in [0.2, 0.25) is 0 Å². The van der Waals surface area contributed by atoms with E-state index in [0.717, 1.165) is 20.8 Å². The van der Waals surface area contributed by atoms with E-state index in [-0.39, 0.29) is 28.7 Å². The molecule has 0 fully saturated rings. The molecule has 0 heterocycles. The van der Waals surface area contributed by atoms with Crippen molar-refractivity contribution >= 4 is 0 Å². The van der Waals surface area contributed by atoms with Gasteiger partial charge >= 0.3 is 18.5 Å². The lowest BCUT2D eigenvalue weighted by Crippen LogP contribution is -2.34. The van der Waals surface area contributed by atoms with Crippen LogP contribution in [-0.4, -0.2) is 6.18 Å². The Bertz CT molecular complexity index is 894. The van der Waals surface area contributed by atoms with Gasteiger partial charge in [-0.25, -0.2) is 0 Å². The molecule has 0 unspecified atom stereocenters. The molecule has 0 atom stereocenters. The van der Waals surface area contributed by atoms with Crippen LogP contribution in [0.1, 0.15) is 41.7 Å². The van der Waals surface area contributed by atoms with E-state index < -0.39 is 40.6 Å². The van der Waals surface area contributed by atoms with Crippen molar-refractivity contribution in [3.63, 3.8) is 0 Å². The van der Waals surface area contributed by atoms with E-state index >= 15 is 0 Å². The van der Waals surface area contributed by atoms with Gasteiger partial charge in [-0.15, -0.1) is 0 Å². The molecule has 0 nitrogen and oxygen atoms in total. The summed E-state index contributed by atoms with van der Waals surface area (Å²) < 4.78 is 119. The molecular formula is C21H19F9. The van der Waals surface area contributed by atoms with E-state index in [2.05, 4.69) is 0 Å². The Hall–Kier alpha value is -2.19. The number of hydrogen-bond acceptors (Lipinski definition) is 0. The van der Waals surface area contributed by atoms with E-state index in [1.807, 2.05) is 0 Å². The predicted octanol–water partition coefficient (Wildman–Crippen LogP) is 8.14. The zero-order valence-electron chi connectivity index (χ0n) is 16.5. The van der Waals surface area contributed by atoms with Gasteiger partial charge in [0.05, 0.1) is 16.5 Å². The Kier molecular flexibility index (Phi) is 6.02. The van der Waals surface area contributed by atoms with Crippen LogP contribution >= 0.6 is 0 Å². The number of benzene rings is 2. The third-order valence-corrected chi connectivity index (χ3v) is 5.03. The summed E-state index contributed by atoms with van der Waals surface area (Å²) in [6.07, 6.45) is -14.8. The molecule has 0 aliphatic carbocycles. The van der Waals surface area contributed by atoms with Gasteiger partial charge in [0.15, 0.2) is 0 Å². The molecule has 0 bridgehead atoms. The molecule has 0 amide bonds. The highest BCUT2D eigenvalue weighted by Gasteiger charge is 2.47. The molecule has 0 aliphatic heterocycles. The number of halogens is 9. The smallest absolute Gasteiger partial charge is 0.171 e. The molecule has 0 saturated heterocycles. The maximum atomic E-state index is 13.3. The standard InChI is InChI=1S/C21H19F9/c1-11-7-13(10-18(3,4)21(28,29)30)5-6-15(11)14-8-16(19(22,23)24)12(2)17(9-14)20(25,26)27/h5-9H,10H2,1-4H3. The predicted molar refractivity (Wildman–Crippen MR) is 94.9 cm³/mol. The van der Waals surface area contributed by atoms with E-state index in [1.54, 1.807) is 0 Å². The zero-order valence-corrected chi connectivity index (χ0v) is 16.5. The minimum atomic E-state index is -5.00. The minimum absolute atomic E-state index is 0.0829. The summed E-state index contributed by atoms with van der Waals surface area (Å²) in [4.78, 5) is 0. The zero-order chi connectivity index (χ0) is 23.3. The van der Waals surface area contributed by atoms with Gasteiger partial charge < -0.3 is 0 Å². The fraction of sp³-hybridized carbons (Fsp3) is 0.429. The highest BCUT2D eigenvalue weighted by atomic mass is 19.4. The van der Waals surface area contributed by atoms with Crippen molar-refractivity contribution in [3.05, 3.63) is 58.1 Å². The first-order chi connectivity index (χ1) is 13.3. The van der Waals surface area contributed by atoms with Crippen molar-refractivity contribution < 1.29 is 39.5 Å².